The fourth-order valence-electron chi connectivity index (χ4n) is 1.40. The van der Waals surface area contributed by atoms with Gasteiger partial charge in [-0.15, -0.1) is 0 Å². The van der Waals surface area contributed by atoms with Crippen molar-refractivity contribution in [3.05, 3.63) is 24.4 Å². The SMILES string of the molecule is O=S1(=O)CC2C=CC=CN1C2. The average molecular weight is 171 g/mol. The highest BCUT2D eigenvalue weighted by atomic mass is 32.2. The Balaban J connectivity index is 2.42. The first kappa shape index (κ1) is 6.91. The molecule has 0 aromatic carbocycles. The van der Waals surface area contributed by atoms with Crippen LogP contribution in [0.4, 0.5) is 0 Å². The van der Waals surface area contributed by atoms with Gasteiger partial charge in [-0.2, -0.15) is 0 Å². The Morgan fingerprint density at radius 1 is 1.36 bits per heavy atom. The number of hydrogen-bond acceptors (Lipinski definition) is 2. The summed E-state index contributed by atoms with van der Waals surface area (Å²) < 4.78 is 23.9. The highest BCUT2D eigenvalue weighted by molar-refractivity contribution is 7.89. The van der Waals surface area contributed by atoms with Crippen molar-refractivity contribution in [3.63, 3.8) is 0 Å². The van der Waals surface area contributed by atoms with Gasteiger partial charge in [-0.3, -0.25) is 4.31 Å². The summed E-state index contributed by atoms with van der Waals surface area (Å²) in [6.45, 7) is 0.620. The van der Waals surface area contributed by atoms with Crippen molar-refractivity contribution in [1.82, 2.24) is 4.31 Å². The summed E-state index contributed by atoms with van der Waals surface area (Å²) in [5.74, 6) is 0.461. The van der Waals surface area contributed by atoms with Crippen LogP contribution in [0.2, 0.25) is 0 Å². The minimum absolute atomic E-state index is 0.190. The van der Waals surface area contributed by atoms with E-state index in [1.54, 1.807) is 12.3 Å². The summed E-state index contributed by atoms with van der Waals surface area (Å²) in [7, 11) is -2.95. The zero-order chi connectivity index (χ0) is 7.90. The summed E-state index contributed by atoms with van der Waals surface area (Å²) in [5, 5.41) is 0. The smallest absolute Gasteiger partial charge is 0.235 e. The molecule has 0 radical (unpaired) electrons. The lowest BCUT2D eigenvalue weighted by molar-refractivity contribution is 0.521. The molecule has 1 saturated heterocycles. The second kappa shape index (κ2) is 2.11. The van der Waals surface area contributed by atoms with Crippen LogP contribution in [-0.2, 0) is 10.0 Å². The molecule has 1 fully saturated rings. The van der Waals surface area contributed by atoms with Crippen LogP contribution in [-0.4, -0.2) is 25.0 Å². The quantitative estimate of drug-likeness (QED) is 0.526. The van der Waals surface area contributed by atoms with Crippen LogP contribution in [0.15, 0.2) is 24.4 Å². The minimum Gasteiger partial charge on any atom is -0.277 e. The second-order valence-electron chi connectivity index (χ2n) is 2.83. The molecule has 60 valence electrons. The number of hydrogen-bond donors (Lipinski definition) is 0. The molecular weight excluding hydrogens is 162 g/mol. The maximum Gasteiger partial charge on any atom is 0.235 e. The van der Waals surface area contributed by atoms with Crippen molar-refractivity contribution < 1.29 is 8.42 Å². The third kappa shape index (κ3) is 1.07. The number of allylic oxidation sites excluding steroid dienone is 2. The molecule has 0 aliphatic carbocycles. The van der Waals surface area contributed by atoms with E-state index in [9.17, 15) is 8.42 Å². The molecule has 0 N–H and O–H groups in total. The summed E-state index contributed by atoms with van der Waals surface area (Å²) >= 11 is 0. The van der Waals surface area contributed by atoms with E-state index in [1.165, 1.54) is 4.31 Å². The Labute approximate surface area is 66.1 Å². The van der Waals surface area contributed by atoms with Gasteiger partial charge in [0.15, 0.2) is 0 Å². The van der Waals surface area contributed by atoms with Crippen LogP contribution < -0.4 is 0 Å². The summed E-state index contributed by atoms with van der Waals surface area (Å²) in [6.07, 6.45) is 7.23. The van der Waals surface area contributed by atoms with E-state index in [1.807, 2.05) is 12.2 Å². The maximum atomic E-state index is 11.2. The van der Waals surface area contributed by atoms with E-state index >= 15 is 0 Å². The standard InChI is InChI=1S/C7H9NO2S/c9-11(10)6-7-3-1-2-4-8(11)5-7/h1-4,7H,5-6H2. The molecule has 2 heterocycles. The van der Waals surface area contributed by atoms with Gasteiger partial charge >= 0.3 is 0 Å². The third-order valence-corrected chi connectivity index (χ3v) is 3.78. The molecule has 0 amide bonds. The number of nitrogens with zero attached hydrogens (tertiary/aromatic N) is 1. The Morgan fingerprint density at radius 2 is 2.18 bits per heavy atom. The largest absolute Gasteiger partial charge is 0.277 e. The Hall–Kier alpha value is -0.770. The predicted octanol–water partition coefficient (Wildman–Crippen LogP) is 0.332. The van der Waals surface area contributed by atoms with Gasteiger partial charge in [0.1, 0.15) is 0 Å². The van der Waals surface area contributed by atoms with Crippen molar-refractivity contribution in [3.8, 4) is 0 Å². The van der Waals surface area contributed by atoms with Crippen molar-refractivity contribution in [2.75, 3.05) is 12.3 Å². The van der Waals surface area contributed by atoms with Crippen LogP contribution in [0.5, 0.6) is 0 Å². The van der Waals surface area contributed by atoms with Crippen molar-refractivity contribution >= 4 is 10.0 Å². The topological polar surface area (TPSA) is 37.4 Å². The average Bonchev–Trinajstić information content (AvgIpc) is 2.18. The van der Waals surface area contributed by atoms with Crippen LogP contribution in [0.3, 0.4) is 0 Å². The molecule has 2 aliphatic rings. The second-order valence-corrected chi connectivity index (χ2v) is 4.80. The number of sulfonamides is 1. The monoisotopic (exact) mass is 171 g/mol. The molecule has 2 rings (SSSR count). The van der Waals surface area contributed by atoms with Gasteiger partial charge in [-0.05, 0) is 6.08 Å². The molecule has 2 aliphatic heterocycles. The summed E-state index contributed by atoms with van der Waals surface area (Å²) in [6, 6.07) is 0. The summed E-state index contributed by atoms with van der Waals surface area (Å²) in [4.78, 5) is 0. The number of fused-ring (bicyclic) bond motifs is 2. The molecule has 0 aromatic rings. The molecule has 11 heavy (non-hydrogen) atoms. The van der Waals surface area contributed by atoms with Crippen molar-refractivity contribution in [2.24, 2.45) is 5.92 Å². The highest BCUT2D eigenvalue weighted by Gasteiger charge is 2.32. The molecule has 2 bridgehead atoms. The van der Waals surface area contributed by atoms with Gasteiger partial charge < -0.3 is 0 Å². The zero-order valence-corrected chi connectivity index (χ0v) is 6.79. The van der Waals surface area contributed by atoms with Crippen LogP contribution >= 0.6 is 0 Å². The van der Waals surface area contributed by atoms with Crippen LogP contribution in [0.25, 0.3) is 0 Å². The fraction of sp³-hybridized carbons (Fsp3) is 0.429. The Bertz CT molecular complexity index is 315. The molecule has 1 unspecified atom stereocenters. The van der Waals surface area contributed by atoms with Gasteiger partial charge in [0.2, 0.25) is 10.0 Å². The molecule has 0 aromatic heterocycles. The number of rotatable bonds is 0. The molecule has 1 atom stereocenters. The molecule has 3 nitrogen and oxygen atoms in total. The molecule has 0 saturated carbocycles. The first-order valence-electron chi connectivity index (χ1n) is 3.53. The predicted molar refractivity (Wildman–Crippen MR) is 42.3 cm³/mol. The van der Waals surface area contributed by atoms with E-state index < -0.39 is 10.0 Å². The zero-order valence-electron chi connectivity index (χ0n) is 5.97. The van der Waals surface area contributed by atoms with E-state index in [-0.39, 0.29) is 11.7 Å². The van der Waals surface area contributed by atoms with Crippen LogP contribution in [0, 0.1) is 5.92 Å². The van der Waals surface area contributed by atoms with Crippen molar-refractivity contribution in [1.29, 1.82) is 0 Å². The van der Waals surface area contributed by atoms with Gasteiger partial charge in [0.25, 0.3) is 0 Å². The molecule has 0 spiro atoms. The van der Waals surface area contributed by atoms with Gasteiger partial charge in [0, 0.05) is 18.7 Å². The van der Waals surface area contributed by atoms with Gasteiger partial charge in [0.05, 0.1) is 5.75 Å². The third-order valence-electron chi connectivity index (χ3n) is 1.94. The highest BCUT2D eigenvalue weighted by Crippen LogP contribution is 2.22. The first-order chi connectivity index (χ1) is 5.18. The van der Waals surface area contributed by atoms with E-state index in [2.05, 4.69) is 0 Å². The molecular formula is C7H9NO2S. The lowest BCUT2D eigenvalue weighted by atomic mass is 10.2. The lowest BCUT2D eigenvalue weighted by Gasteiger charge is -2.08. The van der Waals surface area contributed by atoms with E-state index in [0.29, 0.717) is 6.54 Å². The van der Waals surface area contributed by atoms with E-state index in [4.69, 9.17) is 0 Å². The van der Waals surface area contributed by atoms with E-state index in [0.717, 1.165) is 0 Å². The first-order valence-corrected chi connectivity index (χ1v) is 5.14. The van der Waals surface area contributed by atoms with Gasteiger partial charge in [-0.25, -0.2) is 8.42 Å². The minimum atomic E-state index is -2.95. The lowest BCUT2D eigenvalue weighted by Crippen LogP contribution is -2.18. The summed E-state index contributed by atoms with van der Waals surface area (Å²) in [5.41, 5.74) is 0. The van der Waals surface area contributed by atoms with Gasteiger partial charge in [-0.1, -0.05) is 12.2 Å². The maximum absolute atomic E-state index is 11.2. The van der Waals surface area contributed by atoms with Crippen LogP contribution in [0.1, 0.15) is 0 Å². The van der Waals surface area contributed by atoms with Crippen molar-refractivity contribution in [2.45, 2.75) is 0 Å². The normalized spacial score (nSPS) is 32.4. The molecule has 4 heteroatoms. The fourth-order valence-corrected chi connectivity index (χ4v) is 3.02. The Morgan fingerprint density at radius 3 is 3.00 bits per heavy atom. The Kier molecular flexibility index (Phi) is 1.32.